The van der Waals surface area contributed by atoms with Crippen molar-refractivity contribution in [2.75, 3.05) is 13.1 Å². The van der Waals surface area contributed by atoms with Crippen molar-refractivity contribution in [2.24, 2.45) is 11.8 Å². The Bertz CT molecular complexity index is 731. The summed E-state index contributed by atoms with van der Waals surface area (Å²) in [5.41, 5.74) is 6.47. The molecule has 1 aromatic heterocycles. The fourth-order valence-corrected chi connectivity index (χ4v) is 5.37. The van der Waals surface area contributed by atoms with Crippen LogP contribution >= 0.6 is 11.3 Å². The third kappa shape index (κ3) is 4.57. The molecule has 0 bridgehead atoms. The number of piperidine rings is 1. The number of thiophene rings is 1. The van der Waals surface area contributed by atoms with E-state index in [1.807, 2.05) is 11.0 Å². The summed E-state index contributed by atoms with van der Waals surface area (Å²) >= 11 is 1.55. The summed E-state index contributed by atoms with van der Waals surface area (Å²) in [6.07, 6.45) is 10.5. The van der Waals surface area contributed by atoms with Crippen molar-refractivity contribution in [3.63, 3.8) is 0 Å². The number of likely N-dealkylation sites (tertiary alicyclic amines) is 1. The molecule has 0 spiro atoms. The molecule has 0 aromatic carbocycles. The van der Waals surface area contributed by atoms with E-state index < -0.39 is 0 Å². The zero-order valence-electron chi connectivity index (χ0n) is 16.3. The Hall–Kier alpha value is -1.89. The lowest BCUT2D eigenvalue weighted by atomic mass is 9.97. The highest BCUT2D eigenvalue weighted by molar-refractivity contribution is 7.14. The molecule has 1 aliphatic heterocycles. The largest absolute Gasteiger partial charge is 0.342 e. The van der Waals surface area contributed by atoms with E-state index in [9.17, 15) is 14.4 Å². The first kappa shape index (κ1) is 19.4. The van der Waals surface area contributed by atoms with Gasteiger partial charge >= 0.3 is 0 Å². The van der Waals surface area contributed by atoms with E-state index in [0.717, 1.165) is 45.1 Å². The topological polar surface area (TPSA) is 78.5 Å². The van der Waals surface area contributed by atoms with E-state index in [-0.39, 0.29) is 29.6 Å². The summed E-state index contributed by atoms with van der Waals surface area (Å²) in [6.45, 7) is 1.20. The zero-order valence-corrected chi connectivity index (χ0v) is 17.1. The fourth-order valence-electron chi connectivity index (χ4n) is 4.22. The molecule has 0 radical (unpaired) electrons. The maximum Gasteiger partial charge on any atom is 0.279 e. The van der Waals surface area contributed by atoms with Crippen molar-refractivity contribution in [2.45, 2.75) is 64.2 Å². The number of hydrazine groups is 1. The predicted octanol–water partition coefficient (Wildman–Crippen LogP) is 2.82. The zero-order chi connectivity index (χ0) is 19.5. The van der Waals surface area contributed by atoms with Gasteiger partial charge in [0.1, 0.15) is 0 Å². The Kier molecular flexibility index (Phi) is 5.99. The first-order valence-electron chi connectivity index (χ1n) is 10.6. The van der Waals surface area contributed by atoms with Crippen LogP contribution in [0.2, 0.25) is 0 Å². The second-order valence-electron chi connectivity index (χ2n) is 8.31. The number of carbonyl (C=O) groups excluding carboxylic acids is 3. The second-order valence-corrected chi connectivity index (χ2v) is 9.45. The average Bonchev–Trinajstić information content (AvgIpc) is 3.47. The van der Waals surface area contributed by atoms with Gasteiger partial charge in [0, 0.05) is 23.9 Å². The number of rotatable bonds is 3. The summed E-state index contributed by atoms with van der Waals surface area (Å²) < 4.78 is 0. The van der Waals surface area contributed by atoms with Gasteiger partial charge in [-0.05, 0) is 63.0 Å². The number of amides is 3. The molecule has 3 amide bonds. The van der Waals surface area contributed by atoms with Crippen LogP contribution in [0.3, 0.4) is 0 Å². The molecule has 1 unspecified atom stereocenters. The minimum Gasteiger partial charge on any atom is -0.342 e. The molecule has 2 heterocycles. The van der Waals surface area contributed by atoms with Crippen LogP contribution in [0.5, 0.6) is 0 Å². The quantitative estimate of drug-likeness (QED) is 0.762. The number of nitrogens with one attached hydrogen (secondary N) is 2. The third-order valence-corrected chi connectivity index (χ3v) is 7.29. The number of fused-ring (bicyclic) bond motifs is 1. The van der Waals surface area contributed by atoms with Crippen molar-refractivity contribution in [3.8, 4) is 0 Å². The van der Waals surface area contributed by atoms with Gasteiger partial charge in [0.25, 0.3) is 5.91 Å². The van der Waals surface area contributed by atoms with Gasteiger partial charge in [-0.25, -0.2) is 0 Å². The molecular formula is C21H29N3O3S. The molecule has 28 heavy (non-hydrogen) atoms. The highest BCUT2D eigenvalue weighted by Crippen LogP contribution is 2.32. The van der Waals surface area contributed by atoms with Crippen molar-refractivity contribution >= 4 is 29.1 Å². The molecule has 1 atom stereocenters. The van der Waals surface area contributed by atoms with Gasteiger partial charge in [-0.15, -0.1) is 11.3 Å². The van der Waals surface area contributed by atoms with E-state index in [2.05, 4.69) is 10.9 Å². The first-order valence-corrected chi connectivity index (χ1v) is 11.4. The van der Waals surface area contributed by atoms with Crippen LogP contribution in [-0.4, -0.2) is 35.7 Å². The molecule has 2 fully saturated rings. The monoisotopic (exact) mass is 403 g/mol. The molecule has 1 saturated carbocycles. The molecule has 2 aliphatic carbocycles. The van der Waals surface area contributed by atoms with Gasteiger partial charge in [0.2, 0.25) is 11.8 Å². The second kappa shape index (κ2) is 8.64. The van der Waals surface area contributed by atoms with Crippen LogP contribution in [0.15, 0.2) is 6.07 Å². The maximum atomic E-state index is 12.5. The fraction of sp³-hybridized carbons (Fsp3) is 0.667. The Labute approximate surface area is 170 Å². The molecule has 3 aliphatic rings. The van der Waals surface area contributed by atoms with Gasteiger partial charge in [0.15, 0.2) is 0 Å². The molecule has 1 saturated heterocycles. The van der Waals surface area contributed by atoms with Crippen LogP contribution in [0, 0.1) is 11.8 Å². The van der Waals surface area contributed by atoms with Crippen molar-refractivity contribution in [1.82, 2.24) is 15.8 Å². The molecule has 2 N–H and O–H groups in total. The van der Waals surface area contributed by atoms with Crippen LogP contribution in [0.25, 0.3) is 0 Å². The number of nitrogens with zero attached hydrogens (tertiary/aromatic N) is 1. The maximum absolute atomic E-state index is 12.5. The van der Waals surface area contributed by atoms with E-state index in [1.54, 1.807) is 11.3 Å². The smallest absolute Gasteiger partial charge is 0.279 e. The van der Waals surface area contributed by atoms with Crippen LogP contribution in [-0.2, 0) is 22.4 Å². The Balaban J connectivity index is 1.30. The minimum atomic E-state index is -0.250. The van der Waals surface area contributed by atoms with Crippen molar-refractivity contribution in [1.29, 1.82) is 0 Å². The lowest BCUT2D eigenvalue weighted by Gasteiger charge is -2.32. The summed E-state index contributed by atoms with van der Waals surface area (Å²) in [4.78, 5) is 41.1. The summed E-state index contributed by atoms with van der Waals surface area (Å²) in [7, 11) is 0. The standard InChI is InChI=1S/C21H29N3O3S/c25-19(16-7-5-11-24(13-16)21(27)14-9-10-14)22-23-20(26)18-12-15-6-3-1-2-4-8-17(15)28-18/h12,14,16H,1-11,13H2,(H,22,25)(H,23,26). The SMILES string of the molecule is O=C(NNC(=O)C1CCCN(C(=O)C2CC2)C1)c1cc2c(s1)CCCCCC2. The van der Waals surface area contributed by atoms with E-state index >= 15 is 0 Å². The average molecular weight is 404 g/mol. The van der Waals surface area contributed by atoms with Crippen LogP contribution in [0.1, 0.15) is 71.5 Å². The van der Waals surface area contributed by atoms with Gasteiger partial charge in [-0.3, -0.25) is 25.2 Å². The molecule has 1 aromatic rings. The Morgan fingerprint density at radius 2 is 1.71 bits per heavy atom. The molecule has 7 heteroatoms. The van der Waals surface area contributed by atoms with E-state index in [0.29, 0.717) is 11.4 Å². The Morgan fingerprint density at radius 1 is 0.929 bits per heavy atom. The lowest BCUT2D eigenvalue weighted by Crippen LogP contribution is -2.50. The number of carbonyl (C=O) groups is 3. The highest BCUT2D eigenvalue weighted by atomic mass is 32.1. The molecule has 152 valence electrons. The van der Waals surface area contributed by atoms with Gasteiger partial charge in [0.05, 0.1) is 10.8 Å². The predicted molar refractivity (Wildman–Crippen MR) is 108 cm³/mol. The van der Waals surface area contributed by atoms with Crippen LogP contribution in [0.4, 0.5) is 0 Å². The normalized spacial score (nSPS) is 22.6. The van der Waals surface area contributed by atoms with Crippen molar-refractivity contribution in [3.05, 3.63) is 21.4 Å². The number of hydrogen-bond donors (Lipinski definition) is 2. The van der Waals surface area contributed by atoms with Crippen molar-refractivity contribution < 1.29 is 14.4 Å². The number of aryl methyl sites for hydroxylation is 2. The van der Waals surface area contributed by atoms with Gasteiger partial charge in [-0.2, -0.15) is 0 Å². The molecular weight excluding hydrogens is 374 g/mol. The summed E-state index contributed by atoms with van der Waals surface area (Å²) in [5, 5.41) is 0. The van der Waals surface area contributed by atoms with E-state index in [1.165, 1.54) is 36.1 Å². The van der Waals surface area contributed by atoms with Gasteiger partial charge < -0.3 is 4.90 Å². The van der Waals surface area contributed by atoms with E-state index in [4.69, 9.17) is 0 Å². The summed E-state index contributed by atoms with van der Waals surface area (Å²) in [5.74, 6) is -0.319. The first-order chi connectivity index (χ1) is 13.6. The van der Waals surface area contributed by atoms with Gasteiger partial charge in [-0.1, -0.05) is 12.8 Å². The molecule has 6 nitrogen and oxygen atoms in total. The summed E-state index contributed by atoms with van der Waals surface area (Å²) in [6, 6.07) is 1.99. The highest BCUT2D eigenvalue weighted by Gasteiger charge is 2.36. The van der Waals surface area contributed by atoms with Crippen LogP contribution < -0.4 is 10.9 Å². The molecule has 4 rings (SSSR count). The third-order valence-electron chi connectivity index (χ3n) is 6.05. The number of hydrogen-bond acceptors (Lipinski definition) is 4. The Morgan fingerprint density at radius 3 is 2.50 bits per heavy atom. The lowest BCUT2D eigenvalue weighted by molar-refractivity contribution is -0.137. The minimum absolute atomic E-state index is 0.180.